The third-order valence-corrected chi connectivity index (χ3v) is 4.17. The predicted molar refractivity (Wildman–Crippen MR) is 88.4 cm³/mol. The van der Waals surface area contributed by atoms with Gasteiger partial charge in [-0.3, -0.25) is 0 Å². The summed E-state index contributed by atoms with van der Waals surface area (Å²) in [5, 5.41) is 0. The molecule has 0 bridgehead atoms. The molecule has 0 radical (unpaired) electrons. The van der Waals surface area contributed by atoms with Gasteiger partial charge in [0.2, 0.25) is 0 Å². The van der Waals surface area contributed by atoms with E-state index >= 15 is 0 Å². The molecule has 0 amide bonds. The van der Waals surface area contributed by atoms with Crippen LogP contribution in [0.3, 0.4) is 0 Å². The minimum absolute atomic E-state index is 0.842. The topological polar surface area (TPSA) is 29.3 Å². The van der Waals surface area contributed by atoms with E-state index < -0.39 is 0 Å². The van der Waals surface area contributed by atoms with Gasteiger partial charge >= 0.3 is 0 Å². The second-order valence-corrected chi connectivity index (χ2v) is 5.71. The van der Waals surface area contributed by atoms with E-state index in [-0.39, 0.29) is 0 Å². The van der Waals surface area contributed by atoms with Crippen LogP contribution in [0, 0.1) is 27.7 Å². The first kappa shape index (κ1) is 14.4. The van der Waals surface area contributed by atoms with Crippen LogP contribution >= 0.6 is 0 Å². The second kappa shape index (κ2) is 5.58. The standard InChI is InChI=1S/C18H24N2/c1-12-6-9-18(17(19)10-12)20(5)11-16-8-7-13(2)14(3)15(16)4/h6-10H,11,19H2,1-5H3. The molecule has 0 unspecified atom stereocenters. The number of aryl methyl sites for hydroxylation is 2. The zero-order valence-electron chi connectivity index (χ0n) is 13.1. The van der Waals surface area contributed by atoms with Gasteiger partial charge in [0.25, 0.3) is 0 Å². The van der Waals surface area contributed by atoms with Crippen LogP contribution < -0.4 is 10.6 Å². The molecule has 0 fully saturated rings. The molecule has 0 saturated heterocycles. The molecule has 20 heavy (non-hydrogen) atoms. The van der Waals surface area contributed by atoms with Gasteiger partial charge in [0, 0.05) is 13.6 Å². The maximum Gasteiger partial charge on any atom is 0.0600 e. The van der Waals surface area contributed by atoms with Gasteiger partial charge in [-0.2, -0.15) is 0 Å². The van der Waals surface area contributed by atoms with Crippen molar-refractivity contribution in [3.63, 3.8) is 0 Å². The molecule has 0 aliphatic carbocycles. The Morgan fingerprint density at radius 1 is 0.950 bits per heavy atom. The summed E-state index contributed by atoms with van der Waals surface area (Å²) in [4.78, 5) is 2.21. The van der Waals surface area contributed by atoms with Gasteiger partial charge in [-0.25, -0.2) is 0 Å². The van der Waals surface area contributed by atoms with Crippen LogP contribution in [0.4, 0.5) is 11.4 Å². The van der Waals surface area contributed by atoms with E-state index in [1.165, 1.54) is 27.8 Å². The van der Waals surface area contributed by atoms with Crippen molar-refractivity contribution < 1.29 is 0 Å². The van der Waals surface area contributed by atoms with Crippen molar-refractivity contribution >= 4 is 11.4 Å². The zero-order chi connectivity index (χ0) is 14.9. The highest BCUT2D eigenvalue weighted by molar-refractivity contribution is 5.68. The monoisotopic (exact) mass is 268 g/mol. The van der Waals surface area contributed by atoms with Crippen LogP contribution in [0.2, 0.25) is 0 Å². The van der Waals surface area contributed by atoms with Crippen LogP contribution in [0.25, 0.3) is 0 Å². The number of nitrogens with zero attached hydrogens (tertiary/aromatic N) is 1. The van der Waals surface area contributed by atoms with Crippen molar-refractivity contribution in [3.8, 4) is 0 Å². The molecule has 0 heterocycles. The third kappa shape index (κ3) is 2.79. The fraction of sp³-hybridized carbons (Fsp3) is 0.333. The number of hydrogen-bond donors (Lipinski definition) is 1. The molecule has 2 heteroatoms. The van der Waals surface area contributed by atoms with Crippen molar-refractivity contribution in [3.05, 3.63) is 58.1 Å². The first-order valence-electron chi connectivity index (χ1n) is 7.03. The smallest absolute Gasteiger partial charge is 0.0600 e. The summed E-state index contributed by atoms with van der Waals surface area (Å²) in [7, 11) is 2.09. The molecule has 2 aromatic carbocycles. The third-order valence-electron chi connectivity index (χ3n) is 4.17. The van der Waals surface area contributed by atoms with Gasteiger partial charge < -0.3 is 10.6 Å². The van der Waals surface area contributed by atoms with Crippen molar-refractivity contribution in [2.45, 2.75) is 34.2 Å². The predicted octanol–water partition coefficient (Wildman–Crippen LogP) is 4.14. The molecule has 2 N–H and O–H groups in total. The minimum atomic E-state index is 0.842. The van der Waals surface area contributed by atoms with Gasteiger partial charge in [0.05, 0.1) is 11.4 Å². The quantitative estimate of drug-likeness (QED) is 0.848. The molecule has 0 aliphatic rings. The average molecular weight is 268 g/mol. The van der Waals surface area contributed by atoms with Gasteiger partial charge in [0.15, 0.2) is 0 Å². The summed E-state index contributed by atoms with van der Waals surface area (Å²) in [5.41, 5.74) is 14.7. The molecule has 2 aromatic rings. The maximum absolute atomic E-state index is 6.13. The Morgan fingerprint density at radius 2 is 1.65 bits per heavy atom. The van der Waals surface area contributed by atoms with Gasteiger partial charge in [0.1, 0.15) is 0 Å². The lowest BCUT2D eigenvalue weighted by Crippen LogP contribution is -2.18. The molecule has 2 nitrogen and oxygen atoms in total. The first-order chi connectivity index (χ1) is 9.40. The maximum atomic E-state index is 6.13. The lowest BCUT2D eigenvalue weighted by Gasteiger charge is -2.23. The first-order valence-corrected chi connectivity index (χ1v) is 7.03. The van der Waals surface area contributed by atoms with Crippen LogP contribution in [0.1, 0.15) is 27.8 Å². The van der Waals surface area contributed by atoms with E-state index in [0.29, 0.717) is 0 Å². The number of benzene rings is 2. The summed E-state index contributed by atoms with van der Waals surface area (Å²) < 4.78 is 0. The average Bonchev–Trinajstić information content (AvgIpc) is 2.39. The van der Waals surface area contributed by atoms with E-state index in [1.54, 1.807) is 0 Å². The number of hydrogen-bond acceptors (Lipinski definition) is 2. The number of anilines is 2. The lowest BCUT2D eigenvalue weighted by atomic mass is 9.98. The zero-order valence-corrected chi connectivity index (χ0v) is 13.1. The van der Waals surface area contributed by atoms with E-state index in [9.17, 15) is 0 Å². The van der Waals surface area contributed by atoms with Gasteiger partial charge in [-0.1, -0.05) is 18.2 Å². The summed E-state index contributed by atoms with van der Waals surface area (Å²) in [6.45, 7) is 9.49. The molecule has 0 spiro atoms. The number of nitrogen functional groups attached to an aromatic ring is 1. The fourth-order valence-electron chi connectivity index (χ4n) is 2.55. The molecule has 2 rings (SSSR count). The Morgan fingerprint density at radius 3 is 2.30 bits per heavy atom. The molecule has 0 aromatic heterocycles. The van der Waals surface area contributed by atoms with Crippen LogP contribution in [0.5, 0.6) is 0 Å². The van der Waals surface area contributed by atoms with E-state index in [1.807, 2.05) is 6.07 Å². The highest BCUT2D eigenvalue weighted by Crippen LogP contribution is 2.26. The van der Waals surface area contributed by atoms with E-state index in [4.69, 9.17) is 5.73 Å². The normalized spacial score (nSPS) is 10.7. The molecule has 0 saturated carbocycles. The lowest BCUT2D eigenvalue weighted by molar-refractivity contribution is 0.911. The van der Waals surface area contributed by atoms with Crippen molar-refractivity contribution in [2.75, 3.05) is 17.7 Å². The summed E-state index contributed by atoms with van der Waals surface area (Å²) in [6, 6.07) is 10.7. The highest BCUT2D eigenvalue weighted by atomic mass is 15.1. The summed E-state index contributed by atoms with van der Waals surface area (Å²) >= 11 is 0. The van der Waals surface area contributed by atoms with E-state index in [0.717, 1.165) is 17.9 Å². The van der Waals surface area contributed by atoms with Crippen LogP contribution in [-0.2, 0) is 6.54 Å². The SMILES string of the molecule is Cc1ccc(N(C)Cc2ccc(C)c(C)c2C)c(N)c1. The van der Waals surface area contributed by atoms with Crippen molar-refractivity contribution in [1.82, 2.24) is 0 Å². The van der Waals surface area contributed by atoms with Crippen LogP contribution in [-0.4, -0.2) is 7.05 Å². The van der Waals surface area contributed by atoms with E-state index in [2.05, 4.69) is 63.9 Å². The molecule has 106 valence electrons. The summed E-state index contributed by atoms with van der Waals surface area (Å²) in [6.07, 6.45) is 0. The number of rotatable bonds is 3. The highest BCUT2D eigenvalue weighted by Gasteiger charge is 2.09. The Labute approximate surface area is 122 Å². The Kier molecular flexibility index (Phi) is 4.03. The largest absolute Gasteiger partial charge is 0.397 e. The molecule has 0 aliphatic heterocycles. The van der Waals surface area contributed by atoms with Gasteiger partial charge in [-0.15, -0.1) is 0 Å². The fourth-order valence-corrected chi connectivity index (χ4v) is 2.55. The molecule has 0 atom stereocenters. The van der Waals surface area contributed by atoms with Crippen molar-refractivity contribution in [2.24, 2.45) is 0 Å². The Balaban J connectivity index is 2.28. The Hall–Kier alpha value is -1.96. The second-order valence-electron chi connectivity index (χ2n) is 5.71. The summed E-state index contributed by atoms with van der Waals surface area (Å²) in [5.74, 6) is 0. The van der Waals surface area contributed by atoms with Gasteiger partial charge in [-0.05, 0) is 67.6 Å². The molecular weight excluding hydrogens is 244 g/mol. The van der Waals surface area contributed by atoms with Crippen LogP contribution in [0.15, 0.2) is 30.3 Å². The molecular formula is C18H24N2. The Bertz CT molecular complexity index is 630. The van der Waals surface area contributed by atoms with Crippen molar-refractivity contribution in [1.29, 1.82) is 0 Å². The number of nitrogens with two attached hydrogens (primary N) is 1. The minimum Gasteiger partial charge on any atom is -0.397 e.